The Morgan fingerprint density at radius 2 is 1.94 bits per heavy atom. The summed E-state index contributed by atoms with van der Waals surface area (Å²) in [5.74, 6) is -0.791. The number of rotatable bonds is 5. The van der Waals surface area contributed by atoms with E-state index >= 15 is 0 Å². The van der Waals surface area contributed by atoms with Gasteiger partial charge < -0.3 is 5.32 Å². The third-order valence-electron chi connectivity index (χ3n) is 4.02. The molecule has 1 aromatic carbocycles. The minimum Gasteiger partial charge on any atom is -0.309 e. The number of amides is 1. The third-order valence-corrected chi connectivity index (χ3v) is 5.00. The number of carbonyl (C=O) groups excluding carboxylic acids is 1. The molecule has 2 heterocycles. The fraction of sp³-hybridized carbons (Fsp3) is 0.150. The van der Waals surface area contributed by atoms with Crippen LogP contribution in [0.4, 0.5) is 19.0 Å². The molecule has 0 radical (unpaired) electrons. The third kappa shape index (κ3) is 4.85. The van der Waals surface area contributed by atoms with Crippen LogP contribution in [0, 0.1) is 29.6 Å². The van der Waals surface area contributed by atoms with Crippen LogP contribution in [-0.4, -0.2) is 26.4 Å². The fourth-order valence-electron chi connectivity index (χ4n) is 2.70. The Bertz CT molecular complexity index is 1210. The Morgan fingerprint density at radius 3 is 2.55 bits per heavy atom. The number of halogens is 3. The smallest absolute Gasteiger partial charge is 0.309 e. The zero-order valence-electron chi connectivity index (χ0n) is 15.9. The van der Waals surface area contributed by atoms with Gasteiger partial charge in [-0.25, -0.2) is 9.67 Å². The van der Waals surface area contributed by atoms with Gasteiger partial charge in [-0.15, -0.1) is 0 Å². The zero-order chi connectivity index (χ0) is 22.6. The van der Waals surface area contributed by atoms with Crippen molar-refractivity contribution in [1.82, 2.24) is 14.8 Å². The lowest BCUT2D eigenvalue weighted by Gasteiger charge is -2.13. The summed E-state index contributed by atoms with van der Waals surface area (Å²) in [6.45, 7) is 1.37. The molecule has 0 aliphatic carbocycles. The van der Waals surface area contributed by atoms with Crippen molar-refractivity contribution in [2.75, 3.05) is 11.1 Å². The van der Waals surface area contributed by atoms with Crippen LogP contribution in [-0.2, 0) is 11.0 Å². The SMILES string of the molecule is Cc1cc(C(F)(F)F)c(C#N)c(SCC(=O)Nc2c(C#N)cnn2-c2ccccc2)n1. The van der Waals surface area contributed by atoms with Gasteiger partial charge in [-0.05, 0) is 25.1 Å². The van der Waals surface area contributed by atoms with Crippen LogP contribution in [0.2, 0.25) is 0 Å². The molecule has 0 atom stereocenters. The predicted molar refractivity (Wildman–Crippen MR) is 106 cm³/mol. The molecular formula is C20H13F3N6OS. The lowest BCUT2D eigenvalue weighted by Crippen LogP contribution is -2.18. The number of hydrogen-bond donors (Lipinski definition) is 1. The van der Waals surface area contributed by atoms with Crippen LogP contribution >= 0.6 is 11.8 Å². The normalized spacial score (nSPS) is 10.9. The molecule has 1 amide bonds. The van der Waals surface area contributed by atoms with Gasteiger partial charge in [0, 0.05) is 5.69 Å². The molecule has 11 heteroatoms. The van der Waals surface area contributed by atoms with Crippen molar-refractivity contribution in [2.45, 2.75) is 18.1 Å². The van der Waals surface area contributed by atoms with Crippen LogP contribution in [0.25, 0.3) is 5.69 Å². The molecular weight excluding hydrogens is 429 g/mol. The van der Waals surface area contributed by atoms with Gasteiger partial charge in [0.05, 0.1) is 28.8 Å². The Morgan fingerprint density at radius 1 is 1.23 bits per heavy atom. The largest absolute Gasteiger partial charge is 0.417 e. The number of anilines is 1. The number of nitrogens with zero attached hydrogens (tertiary/aromatic N) is 5. The van der Waals surface area contributed by atoms with Gasteiger partial charge in [0.15, 0.2) is 5.82 Å². The van der Waals surface area contributed by atoms with Crippen molar-refractivity contribution in [3.8, 4) is 17.8 Å². The number of para-hydroxylation sites is 1. The summed E-state index contributed by atoms with van der Waals surface area (Å²) in [6, 6.07) is 13.0. The van der Waals surface area contributed by atoms with E-state index in [1.54, 1.807) is 30.3 Å². The minimum atomic E-state index is -4.72. The van der Waals surface area contributed by atoms with Crippen molar-refractivity contribution in [3.05, 3.63) is 65.0 Å². The van der Waals surface area contributed by atoms with Gasteiger partial charge in [0.25, 0.3) is 0 Å². The van der Waals surface area contributed by atoms with Gasteiger partial charge in [0.2, 0.25) is 5.91 Å². The highest BCUT2D eigenvalue weighted by atomic mass is 32.2. The number of nitrogens with one attached hydrogen (secondary N) is 1. The summed E-state index contributed by atoms with van der Waals surface area (Å²) in [4.78, 5) is 16.5. The maximum atomic E-state index is 13.2. The van der Waals surface area contributed by atoms with Crippen molar-refractivity contribution >= 4 is 23.5 Å². The molecule has 0 aliphatic rings. The highest BCUT2D eigenvalue weighted by Crippen LogP contribution is 2.35. The van der Waals surface area contributed by atoms with E-state index in [-0.39, 0.29) is 27.9 Å². The molecule has 0 fully saturated rings. The quantitative estimate of drug-likeness (QED) is 0.597. The fourth-order valence-corrected chi connectivity index (χ4v) is 3.55. The number of alkyl halides is 3. The van der Waals surface area contributed by atoms with Gasteiger partial charge in [-0.1, -0.05) is 30.0 Å². The molecule has 3 aromatic rings. The molecule has 156 valence electrons. The predicted octanol–water partition coefficient (Wildman–Crippen LogP) is 4.07. The van der Waals surface area contributed by atoms with E-state index in [0.29, 0.717) is 17.4 Å². The van der Waals surface area contributed by atoms with Crippen molar-refractivity contribution < 1.29 is 18.0 Å². The molecule has 31 heavy (non-hydrogen) atoms. The second kappa shape index (κ2) is 8.90. The molecule has 1 N–H and O–H groups in total. The van der Waals surface area contributed by atoms with Gasteiger partial charge in [0.1, 0.15) is 22.7 Å². The van der Waals surface area contributed by atoms with Crippen LogP contribution in [0.3, 0.4) is 0 Å². The molecule has 0 spiro atoms. The summed E-state index contributed by atoms with van der Waals surface area (Å²) < 4.78 is 41.1. The first-order valence-electron chi connectivity index (χ1n) is 8.69. The number of hydrogen-bond acceptors (Lipinski definition) is 6. The van der Waals surface area contributed by atoms with E-state index in [1.165, 1.54) is 23.9 Å². The highest BCUT2D eigenvalue weighted by Gasteiger charge is 2.35. The highest BCUT2D eigenvalue weighted by molar-refractivity contribution is 8.00. The standard InChI is InChI=1S/C20H13F3N6OS/c1-12-7-16(20(21,22)23)15(9-25)19(27-12)31-11-17(30)28-18-13(8-24)10-26-29(18)14-5-3-2-4-6-14/h2-7,10H,11H2,1H3,(H,28,30). The number of carbonyl (C=O) groups is 1. The Labute approximate surface area is 179 Å². The maximum absolute atomic E-state index is 13.2. The average Bonchev–Trinajstić information content (AvgIpc) is 3.14. The number of aromatic nitrogens is 3. The van der Waals surface area contributed by atoms with Gasteiger partial charge >= 0.3 is 6.18 Å². The van der Waals surface area contributed by atoms with Crippen molar-refractivity contribution in [3.63, 3.8) is 0 Å². The molecule has 7 nitrogen and oxygen atoms in total. The first-order valence-corrected chi connectivity index (χ1v) is 9.68. The summed E-state index contributed by atoms with van der Waals surface area (Å²) in [7, 11) is 0. The molecule has 0 unspecified atom stereocenters. The zero-order valence-corrected chi connectivity index (χ0v) is 16.8. The Hall–Kier alpha value is -3.83. The monoisotopic (exact) mass is 442 g/mol. The molecule has 0 aliphatic heterocycles. The minimum absolute atomic E-state index is 0.0724. The molecule has 0 saturated carbocycles. The van der Waals surface area contributed by atoms with Crippen molar-refractivity contribution in [1.29, 1.82) is 10.5 Å². The molecule has 2 aromatic heterocycles. The first kappa shape index (κ1) is 21.9. The Kier molecular flexibility index (Phi) is 6.28. The maximum Gasteiger partial charge on any atom is 0.417 e. The average molecular weight is 442 g/mol. The summed E-state index contributed by atoms with van der Waals surface area (Å²) >= 11 is 0.703. The van der Waals surface area contributed by atoms with E-state index in [9.17, 15) is 28.5 Å². The van der Waals surface area contributed by atoms with E-state index in [1.807, 2.05) is 6.07 Å². The second-order valence-electron chi connectivity index (χ2n) is 6.20. The van der Waals surface area contributed by atoms with E-state index in [2.05, 4.69) is 15.4 Å². The molecule has 3 rings (SSSR count). The van der Waals surface area contributed by atoms with E-state index < -0.39 is 23.2 Å². The molecule has 0 saturated heterocycles. The molecule has 0 bridgehead atoms. The lowest BCUT2D eigenvalue weighted by atomic mass is 10.1. The van der Waals surface area contributed by atoms with Crippen LogP contribution in [0.1, 0.15) is 22.4 Å². The second-order valence-corrected chi connectivity index (χ2v) is 7.17. The summed E-state index contributed by atoms with van der Waals surface area (Å²) in [5, 5.41) is 25.0. The van der Waals surface area contributed by atoms with Crippen LogP contribution in [0.5, 0.6) is 0 Å². The summed E-state index contributed by atoms with van der Waals surface area (Å²) in [6.07, 6.45) is -3.43. The number of aryl methyl sites for hydroxylation is 1. The topological polar surface area (TPSA) is 107 Å². The van der Waals surface area contributed by atoms with Crippen LogP contribution in [0.15, 0.2) is 47.6 Å². The number of pyridine rings is 1. The lowest BCUT2D eigenvalue weighted by molar-refractivity contribution is -0.138. The van der Waals surface area contributed by atoms with Crippen LogP contribution < -0.4 is 5.32 Å². The van der Waals surface area contributed by atoms with E-state index in [0.717, 1.165) is 6.07 Å². The summed E-state index contributed by atoms with van der Waals surface area (Å²) in [5.41, 5.74) is -0.938. The van der Waals surface area contributed by atoms with E-state index in [4.69, 9.17) is 0 Å². The van der Waals surface area contributed by atoms with Gasteiger partial charge in [-0.2, -0.15) is 28.8 Å². The number of nitriles is 2. The number of thioether (sulfide) groups is 1. The Balaban J connectivity index is 1.83. The first-order chi connectivity index (χ1) is 14.7. The number of benzene rings is 1. The van der Waals surface area contributed by atoms with Crippen molar-refractivity contribution in [2.24, 2.45) is 0 Å². The van der Waals surface area contributed by atoms with Gasteiger partial charge in [-0.3, -0.25) is 4.79 Å².